The molecule has 0 unspecified atom stereocenters. The van der Waals surface area contributed by atoms with E-state index in [2.05, 4.69) is 32.1 Å². The molecule has 4 bridgehead atoms. The second-order valence-electron chi connectivity index (χ2n) is 9.61. The third-order valence-corrected chi connectivity index (χ3v) is 10.2. The molecule has 12 heteroatoms. The number of carbonyl (C=O) groups is 3. The van der Waals surface area contributed by atoms with E-state index in [1.165, 1.54) is 28.0 Å². The number of hydrogen-bond donors (Lipinski definition) is 2. The van der Waals surface area contributed by atoms with E-state index in [1.807, 2.05) is 43.1 Å². The van der Waals surface area contributed by atoms with E-state index in [9.17, 15) is 14.4 Å². The molecule has 4 heterocycles. The van der Waals surface area contributed by atoms with Crippen LogP contribution in [0.1, 0.15) is 49.2 Å². The van der Waals surface area contributed by atoms with Crippen molar-refractivity contribution < 1.29 is 19.1 Å². The first-order valence-electron chi connectivity index (χ1n) is 12.5. The molecule has 0 saturated carbocycles. The summed E-state index contributed by atoms with van der Waals surface area (Å²) in [6.45, 7) is 5.75. The van der Waals surface area contributed by atoms with Crippen LogP contribution in [0.3, 0.4) is 0 Å². The monoisotopic (exact) mass is 592 g/mol. The van der Waals surface area contributed by atoms with Gasteiger partial charge in [0.2, 0.25) is 11.8 Å². The van der Waals surface area contributed by atoms with Crippen molar-refractivity contribution >= 4 is 69.0 Å². The first kappa shape index (κ1) is 28.8. The number of aliphatic imine (C=N–C) groups is 1. The van der Waals surface area contributed by atoms with Gasteiger partial charge in [-0.05, 0) is 42.5 Å². The Bertz CT molecular complexity index is 1190. The molecule has 8 nitrogen and oxygen atoms in total. The Morgan fingerprint density at radius 3 is 2.89 bits per heavy atom. The van der Waals surface area contributed by atoms with Gasteiger partial charge in [-0.1, -0.05) is 26.0 Å². The van der Waals surface area contributed by atoms with Gasteiger partial charge in [-0.15, -0.1) is 34.4 Å². The number of carbonyl (C=O) groups excluding carboxylic acids is 3. The molecule has 2 amide bonds. The fourth-order valence-corrected chi connectivity index (χ4v) is 7.48. The van der Waals surface area contributed by atoms with Gasteiger partial charge in [-0.3, -0.25) is 14.6 Å². The van der Waals surface area contributed by atoms with Crippen molar-refractivity contribution in [2.45, 2.75) is 63.6 Å². The van der Waals surface area contributed by atoms with Gasteiger partial charge in [0, 0.05) is 21.8 Å². The van der Waals surface area contributed by atoms with Crippen molar-refractivity contribution in [3.05, 3.63) is 50.6 Å². The van der Waals surface area contributed by atoms with Crippen molar-refractivity contribution in [1.29, 1.82) is 0 Å². The molecule has 2 aliphatic rings. The average Bonchev–Trinajstić information content (AvgIpc) is 3.64. The number of fused-ring (bicyclic) bond motifs is 4. The van der Waals surface area contributed by atoms with Crippen LogP contribution in [0, 0.1) is 5.92 Å². The van der Waals surface area contributed by atoms with Gasteiger partial charge in [0.05, 0.1) is 13.0 Å². The summed E-state index contributed by atoms with van der Waals surface area (Å²) in [6.07, 6.45) is 3.76. The predicted octanol–water partition coefficient (Wildman–Crippen LogP) is 4.41. The quantitative estimate of drug-likeness (QED) is 0.279. The van der Waals surface area contributed by atoms with Crippen molar-refractivity contribution in [2.24, 2.45) is 10.9 Å². The Balaban J connectivity index is 1.48. The Kier molecular flexibility index (Phi) is 10.1. The van der Waals surface area contributed by atoms with Gasteiger partial charge in [0.25, 0.3) is 0 Å². The Hall–Kier alpha value is -2.15. The van der Waals surface area contributed by atoms with E-state index in [-0.39, 0.29) is 30.7 Å². The summed E-state index contributed by atoms with van der Waals surface area (Å²) < 4.78 is 5.79. The van der Waals surface area contributed by atoms with Crippen LogP contribution in [0.4, 0.5) is 0 Å². The zero-order valence-corrected chi connectivity index (χ0v) is 24.9. The molecule has 0 aromatic carbocycles. The first-order chi connectivity index (χ1) is 18.2. The highest BCUT2D eigenvalue weighted by Crippen LogP contribution is 2.32. The van der Waals surface area contributed by atoms with Crippen LogP contribution in [0.2, 0.25) is 0 Å². The predicted molar refractivity (Wildman–Crippen MR) is 157 cm³/mol. The maximum absolute atomic E-state index is 13.3. The number of rotatable bonds is 7. The zero-order chi connectivity index (χ0) is 27.1. The summed E-state index contributed by atoms with van der Waals surface area (Å²) in [6, 6.07) is 3.31. The number of nitrogens with zero attached hydrogens (tertiary/aromatic N) is 2. The Morgan fingerprint density at radius 2 is 2.13 bits per heavy atom. The minimum Gasteiger partial charge on any atom is -0.456 e. The minimum absolute atomic E-state index is 0.0121. The molecule has 2 N–H and O–H groups in total. The number of amides is 2. The number of ether oxygens (including phenoxy) is 1. The van der Waals surface area contributed by atoms with Crippen LogP contribution in [0.5, 0.6) is 0 Å². The van der Waals surface area contributed by atoms with Gasteiger partial charge in [0.15, 0.2) is 0 Å². The van der Waals surface area contributed by atoms with E-state index in [4.69, 9.17) is 4.74 Å². The molecular weight excluding hydrogens is 561 g/mol. The molecule has 3 atom stereocenters. The number of cyclic esters (lactones) is 1. The normalized spacial score (nSPS) is 24.8. The van der Waals surface area contributed by atoms with Crippen LogP contribution < -0.4 is 10.6 Å². The lowest BCUT2D eigenvalue weighted by atomic mass is 10.0. The van der Waals surface area contributed by atoms with Crippen molar-refractivity contribution in [3.8, 4) is 0 Å². The lowest BCUT2D eigenvalue weighted by Gasteiger charge is -2.27. The molecule has 0 radical (unpaired) electrons. The molecule has 38 heavy (non-hydrogen) atoms. The third kappa shape index (κ3) is 7.71. The molecule has 4 rings (SSSR count). The molecule has 0 fully saturated rings. The largest absolute Gasteiger partial charge is 0.456 e. The molecule has 2 aliphatic heterocycles. The molecule has 0 spiro atoms. The van der Waals surface area contributed by atoms with Gasteiger partial charge >= 0.3 is 5.97 Å². The van der Waals surface area contributed by atoms with E-state index < -0.39 is 23.7 Å². The number of hydrogen-bond acceptors (Lipinski definition) is 10. The third-order valence-electron chi connectivity index (χ3n) is 6.00. The lowest BCUT2D eigenvalue weighted by molar-refractivity contribution is -0.153. The van der Waals surface area contributed by atoms with Crippen LogP contribution in [-0.2, 0) is 31.4 Å². The molecule has 204 valence electrons. The molecule has 2 aromatic heterocycles. The number of thiazole rings is 1. The van der Waals surface area contributed by atoms with Crippen LogP contribution in [0.15, 0.2) is 40.0 Å². The molecule has 0 aliphatic carbocycles. The molecular formula is C26H32N4O4S4. The summed E-state index contributed by atoms with van der Waals surface area (Å²) in [7, 11) is 0. The first-order valence-corrected chi connectivity index (χ1v) is 16.4. The van der Waals surface area contributed by atoms with E-state index in [0.717, 1.165) is 22.9 Å². The number of esters is 1. The lowest BCUT2D eigenvalue weighted by Crippen LogP contribution is -2.53. The molecule has 0 saturated heterocycles. The zero-order valence-electron chi connectivity index (χ0n) is 21.6. The topological polar surface area (TPSA) is 110 Å². The second kappa shape index (κ2) is 13.3. The van der Waals surface area contributed by atoms with Crippen molar-refractivity contribution in [1.82, 2.24) is 15.6 Å². The summed E-state index contributed by atoms with van der Waals surface area (Å²) in [4.78, 5) is 49.8. The summed E-state index contributed by atoms with van der Waals surface area (Å²) in [5.41, 5.74) is -0.312. The minimum atomic E-state index is -1.01. The maximum Gasteiger partial charge on any atom is 0.329 e. The van der Waals surface area contributed by atoms with Gasteiger partial charge in [0.1, 0.15) is 33.4 Å². The fraction of sp³-hybridized carbons (Fsp3) is 0.500. The van der Waals surface area contributed by atoms with E-state index >= 15 is 0 Å². The SMILES string of the molecule is CC(C)[C@@H]1NC(=O)[C@]2(C)CSC(=N2)c2csc(n2)CNC(=O)C[C@@H](/C=C/CCSCc2cccs2)OC1=O. The standard InChI is InChI=1S/C26H32N4O4S4/c1-16(2)22-24(32)34-17(7-4-5-9-35-13-18-8-6-10-36-18)11-20(31)27-12-21-28-19(14-37-21)23-30-26(3,15-38-23)25(33)29-22/h4,6-8,10,14,16-17,22H,5,9,11-13,15H2,1-3H3,(H,27,31)(H,29,33)/b7-4+/t17-,22+,26+/m1/s1. The number of allylic oxidation sites excluding steroid dienone is 1. The highest BCUT2D eigenvalue weighted by molar-refractivity contribution is 8.14. The summed E-state index contributed by atoms with van der Waals surface area (Å²) in [5.74, 6) is 0.990. The number of thiophene rings is 1. The van der Waals surface area contributed by atoms with Crippen LogP contribution in [0.25, 0.3) is 0 Å². The Morgan fingerprint density at radius 1 is 1.29 bits per heavy atom. The van der Waals surface area contributed by atoms with Gasteiger partial charge in [-0.2, -0.15) is 11.8 Å². The fourth-order valence-electron chi connectivity index (χ4n) is 3.80. The van der Waals surface area contributed by atoms with Crippen molar-refractivity contribution in [3.63, 3.8) is 0 Å². The summed E-state index contributed by atoms with van der Waals surface area (Å²) in [5, 5.41) is 11.1. The van der Waals surface area contributed by atoms with Gasteiger partial charge in [-0.25, -0.2) is 9.78 Å². The van der Waals surface area contributed by atoms with Crippen molar-refractivity contribution in [2.75, 3.05) is 11.5 Å². The van der Waals surface area contributed by atoms with Crippen LogP contribution >= 0.6 is 46.2 Å². The van der Waals surface area contributed by atoms with E-state index in [0.29, 0.717) is 16.5 Å². The molecule has 2 aromatic rings. The summed E-state index contributed by atoms with van der Waals surface area (Å²) >= 11 is 6.48. The number of aromatic nitrogens is 1. The highest BCUT2D eigenvalue weighted by atomic mass is 32.2. The maximum atomic E-state index is 13.3. The number of thioether (sulfide) groups is 2. The van der Waals surface area contributed by atoms with Crippen LogP contribution in [-0.4, -0.2) is 57.0 Å². The number of nitrogens with one attached hydrogen (secondary N) is 2. The highest BCUT2D eigenvalue weighted by Gasteiger charge is 2.41. The van der Waals surface area contributed by atoms with Gasteiger partial charge < -0.3 is 15.4 Å². The smallest absolute Gasteiger partial charge is 0.329 e. The van der Waals surface area contributed by atoms with E-state index in [1.54, 1.807) is 24.3 Å². The second-order valence-corrected chi connectivity index (χ2v) is 13.7. The average molecular weight is 593 g/mol. The Labute approximate surface area is 239 Å².